The fourth-order valence-electron chi connectivity index (χ4n) is 2.86. The topological polar surface area (TPSA) is 67.0 Å². The summed E-state index contributed by atoms with van der Waals surface area (Å²) in [4.78, 5) is 20.5. The van der Waals surface area contributed by atoms with E-state index in [1.165, 1.54) is 0 Å². The number of methoxy groups -OCH3 is 1. The molecule has 1 unspecified atom stereocenters. The molecule has 0 radical (unpaired) electrons. The number of nitrogens with one attached hydrogen (secondary N) is 2. The number of benzene rings is 2. The summed E-state index contributed by atoms with van der Waals surface area (Å²) < 4.78 is 5.21. The Morgan fingerprint density at radius 1 is 1.20 bits per heavy atom. The lowest BCUT2D eigenvalue weighted by Crippen LogP contribution is -2.33. The SMILES string of the molecule is COc1cccc(CC(=O)NC(c2nc3ccccc3[nH]2)C(C)C)c1. The van der Waals surface area contributed by atoms with Crippen LogP contribution >= 0.6 is 0 Å². The molecule has 0 fully saturated rings. The lowest BCUT2D eigenvalue weighted by Gasteiger charge is -2.20. The van der Waals surface area contributed by atoms with Gasteiger partial charge in [0.2, 0.25) is 5.91 Å². The van der Waals surface area contributed by atoms with Gasteiger partial charge in [-0.15, -0.1) is 0 Å². The van der Waals surface area contributed by atoms with E-state index in [2.05, 4.69) is 29.1 Å². The number of hydrogen-bond acceptors (Lipinski definition) is 3. The summed E-state index contributed by atoms with van der Waals surface area (Å²) in [5.41, 5.74) is 2.80. The van der Waals surface area contributed by atoms with Crippen LogP contribution in [0, 0.1) is 5.92 Å². The molecule has 0 aliphatic carbocycles. The Hall–Kier alpha value is -2.82. The Morgan fingerprint density at radius 2 is 2.00 bits per heavy atom. The number of imidazole rings is 1. The van der Waals surface area contributed by atoms with Crippen molar-refractivity contribution in [2.24, 2.45) is 5.92 Å². The average Bonchev–Trinajstić information content (AvgIpc) is 3.03. The lowest BCUT2D eigenvalue weighted by atomic mass is 10.0. The smallest absolute Gasteiger partial charge is 0.225 e. The third kappa shape index (κ3) is 3.99. The molecule has 2 N–H and O–H groups in total. The highest BCUT2D eigenvalue weighted by atomic mass is 16.5. The lowest BCUT2D eigenvalue weighted by molar-refractivity contribution is -0.121. The maximum atomic E-state index is 12.5. The molecule has 130 valence electrons. The summed E-state index contributed by atoms with van der Waals surface area (Å²) >= 11 is 0. The first-order valence-electron chi connectivity index (χ1n) is 8.43. The molecule has 5 nitrogen and oxygen atoms in total. The minimum atomic E-state index is -0.162. The Kier molecular flexibility index (Phi) is 5.03. The van der Waals surface area contributed by atoms with Crippen molar-refractivity contribution >= 4 is 16.9 Å². The molecule has 25 heavy (non-hydrogen) atoms. The first kappa shape index (κ1) is 17.0. The minimum absolute atomic E-state index is 0.0348. The summed E-state index contributed by atoms with van der Waals surface area (Å²) in [6.07, 6.45) is 0.306. The summed E-state index contributed by atoms with van der Waals surface area (Å²) in [7, 11) is 1.62. The zero-order valence-electron chi connectivity index (χ0n) is 14.7. The van der Waals surface area contributed by atoms with Crippen molar-refractivity contribution in [2.75, 3.05) is 7.11 Å². The molecule has 1 aromatic heterocycles. The molecule has 3 aromatic rings. The highest BCUT2D eigenvalue weighted by Gasteiger charge is 2.21. The third-order valence-electron chi connectivity index (χ3n) is 4.18. The van der Waals surface area contributed by atoms with Gasteiger partial charge in [0.25, 0.3) is 0 Å². The predicted octanol–water partition coefficient (Wildman–Crippen LogP) is 3.63. The molecule has 0 saturated carbocycles. The van der Waals surface area contributed by atoms with E-state index in [0.29, 0.717) is 6.42 Å². The van der Waals surface area contributed by atoms with Gasteiger partial charge in [0.1, 0.15) is 11.6 Å². The van der Waals surface area contributed by atoms with Crippen LogP contribution in [-0.4, -0.2) is 23.0 Å². The zero-order valence-corrected chi connectivity index (χ0v) is 14.7. The molecule has 0 aliphatic rings. The number of nitrogens with zero attached hydrogens (tertiary/aromatic N) is 1. The van der Waals surface area contributed by atoms with Gasteiger partial charge >= 0.3 is 0 Å². The Balaban J connectivity index is 1.75. The Morgan fingerprint density at radius 3 is 2.72 bits per heavy atom. The van der Waals surface area contributed by atoms with Crippen LogP contribution < -0.4 is 10.1 Å². The molecule has 0 spiro atoms. The summed E-state index contributed by atoms with van der Waals surface area (Å²) in [6.45, 7) is 4.15. The van der Waals surface area contributed by atoms with Gasteiger partial charge in [-0.3, -0.25) is 4.79 Å². The molecular weight excluding hydrogens is 314 g/mol. The first-order chi connectivity index (χ1) is 12.1. The van der Waals surface area contributed by atoms with Crippen molar-refractivity contribution in [3.05, 3.63) is 59.9 Å². The molecule has 0 saturated heterocycles. The molecule has 5 heteroatoms. The molecule has 3 rings (SSSR count). The second-order valence-corrected chi connectivity index (χ2v) is 6.46. The van der Waals surface area contributed by atoms with Crippen LogP contribution in [0.25, 0.3) is 11.0 Å². The van der Waals surface area contributed by atoms with E-state index in [1.807, 2.05) is 48.5 Å². The van der Waals surface area contributed by atoms with Crippen molar-refractivity contribution in [3.63, 3.8) is 0 Å². The fraction of sp³-hybridized carbons (Fsp3) is 0.300. The van der Waals surface area contributed by atoms with Crippen molar-refractivity contribution < 1.29 is 9.53 Å². The van der Waals surface area contributed by atoms with Crippen molar-refractivity contribution in [3.8, 4) is 5.75 Å². The van der Waals surface area contributed by atoms with E-state index >= 15 is 0 Å². The van der Waals surface area contributed by atoms with Gasteiger partial charge in [0.05, 0.1) is 30.6 Å². The van der Waals surface area contributed by atoms with E-state index < -0.39 is 0 Å². The number of rotatable bonds is 6. The van der Waals surface area contributed by atoms with Gasteiger partial charge in [-0.25, -0.2) is 4.98 Å². The maximum absolute atomic E-state index is 12.5. The normalized spacial score (nSPS) is 12.3. The Labute approximate surface area is 147 Å². The van der Waals surface area contributed by atoms with E-state index in [1.54, 1.807) is 7.11 Å². The van der Waals surface area contributed by atoms with Gasteiger partial charge in [0.15, 0.2) is 0 Å². The van der Waals surface area contributed by atoms with Crippen LogP contribution in [0.4, 0.5) is 0 Å². The van der Waals surface area contributed by atoms with Gasteiger partial charge < -0.3 is 15.0 Å². The molecular formula is C20H23N3O2. The number of ether oxygens (including phenoxy) is 1. The van der Waals surface area contributed by atoms with Crippen LogP contribution in [0.5, 0.6) is 5.75 Å². The van der Waals surface area contributed by atoms with Gasteiger partial charge in [0, 0.05) is 0 Å². The number of aromatic nitrogens is 2. The summed E-state index contributed by atoms with van der Waals surface area (Å²) in [6, 6.07) is 15.3. The largest absolute Gasteiger partial charge is 0.497 e. The summed E-state index contributed by atoms with van der Waals surface area (Å²) in [5.74, 6) is 1.72. The van der Waals surface area contributed by atoms with Crippen molar-refractivity contribution in [1.29, 1.82) is 0 Å². The number of fused-ring (bicyclic) bond motifs is 1. The predicted molar refractivity (Wildman–Crippen MR) is 98.5 cm³/mol. The Bertz CT molecular complexity index is 837. The minimum Gasteiger partial charge on any atom is -0.497 e. The fourth-order valence-corrected chi connectivity index (χ4v) is 2.86. The molecule has 1 heterocycles. The molecule has 0 aliphatic heterocycles. The van der Waals surface area contributed by atoms with Gasteiger partial charge in [-0.2, -0.15) is 0 Å². The molecule has 1 amide bonds. The highest BCUT2D eigenvalue weighted by molar-refractivity contribution is 5.79. The van der Waals surface area contributed by atoms with Crippen molar-refractivity contribution in [2.45, 2.75) is 26.3 Å². The van der Waals surface area contributed by atoms with E-state index in [4.69, 9.17) is 4.74 Å². The van der Waals surface area contributed by atoms with E-state index in [9.17, 15) is 4.79 Å². The van der Waals surface area contributed by atoms with Crippen LogP contribution in [0.2, 0.25) is 0 Å². The number of aromatic amines is 1. The number of carbonyl (C=O) groups is 1. The van der Waals surface area contributed by atoms with Gasteiger partial charge in [-0.05, 0) is 35.7 Å². The third-order valence-corrected chi connectivity index (χ3v) is 4.18. The second-order valence-electron chi connectivity index (χ2n) is 6.46. The highest BCUT2D eigenvalue weighted by Crippen LogP contribution is 2.22. The number of hydrogen-bond donors (Lipinski definition) is 2. The van der Waals surface area contributed by atoms with Gasteiger partial charge in [-0.1, -0.05) is 38.1 Å². The van der Waals surface area contributed by atoms with Crippen LogP contribution in [0.15, 0.2) is 48.5 Å². The summed E-state index contributed by atoms with van der Waals surface area (Å²) in [5, 5.41) is 3.11. The standard InChI is InChI=1S/C20H23N3O2/c1-13(2)19(20-21-16-9-4-5-10-17(16)22-20)23-18(24)12-14-7-6-8-15(11-14)25-3/h4-11,13,19H,12H2,1-3H3,(H,21,22)(H,23,24). The monoisotopic (exact) mass is 337 g/mol. The number of amides is 1. The van der Waals surface area contributed by atoms with Crippen LogP contribution in [0.1, 0.15) is 31.3 Å². The number of H-pyrrole nitrogens is 1. The number of carbonyl (C=O) groups excluding carboxylic acids is 1. The van der Waals surface area contributed by atoms with Crippen LogP contribution in [0.3, 0.4) is 0 Å². The average molecular weight is 337 g/mol. The molecule has 0 bridgehead atoms. The van der Waals surface area contributed by atoms with E-state index in [-0.39, 0.29) is 17.9 Å². The zero-order chi connectivity index (χ0) is 17.8. The van der Waals surface area contributed by atoms with Crippen molar-refractivity contribution in [1.82, 2.24) is 15.3 Å². The van der Waals surface area contributed by atoms with Crippen LogP contribution in [-0.2, 0) is 11.2 Å². The maximum Gasteiger partial charge on any atom is 0.225 e. The quantitative estimate of drug-likeness (QED) is 0.722. The molecule has 1 atom stereocenters. The first-order valence-corrected chi connectivity index (χ1v) is 8.43. The number of para-hydroxylation sites is 2. The second kappa shape index (κ2) is 7.38. The van der Waals surface area contributed by atoms with E-state index in [0.717, 1.165) is 28.2 Å². The molecule has 2 aromatic carbocycles.